The number of nitrogens with zero attached hydrogens (tertiary/aromatic N) is 5. The minimum Gasteiger partial charge on any atom is -0.379 e. The van der Waals surface area contributed by atoms with Crippen LogP contribution in [0.3, 0.4) is 0 Å². The van der Waals surface area contributed by atoms with Crippen LogP contribution in [0.2, 0.25) is 0 Å². The molecular weight excluding hydrogens is 378 g/mol. The zero-order valence-electron chi connectivity index (χ0n) is 18.7. The van der Waals surface area contributed by atoms with Gasteiger partial charge < -0.3 is 15.4 Å². The molecule has 0 spiro atoms. The molecule has 0 bridgehead atoms. The number of hydrogen-bond donors (Lipinski definition) is 2. The molecule has 0 aliphatic carbocycles. The van der Waals surface area contributed by atoms with E-state index < -0.39 is 0 Å². The zero-order valence-corrected chi connectivity index (χ0v) is 18.7. The molecule has 1 unspecified atom stereocenters. The molecule has 1 aliphatic heterocycles. The predicted molar refractivity (Wildman–Crippen MR) is 121 cm³/mol. The van der Waals surface area contributed by atoms with Crippen molar-refractivity contribution >= 4 is 11.6 Å². The summed E-state index contributed by atoms with van der Waals surface area (Å²) in [6.45, 7) is 12.7. The number of guanidine groups is 1. The summed E-state index contributed by atoms with van der Waals surface area (Å²) < 4.78 is 7.60. The molecule has 1 aliphatic rings. The molecule has 2 aromatic heterocycles. The molecule has 8 nitrogen and oxygen atoms in total. The normalized spacial score (nSPS) is 16.9. The van der Waals surface area contributed by atoms with Gasteiger partial charge in [0.15, 0.2) is 11.6 Å². The Labute approximate surface area is 180 Å². The Bertz CT molecular complexity index is 781. The van der Waals surface area contributed by atoms with Gasteiger partial charge in [-0.05, 0) is 25.0 Å². The molecule has 0 amide bonds. The van der Waals surface area contributed by atoms with E-state index in [1.54, 1.807) is 0 Å². The van der Waals surface area contributed by atoms with E-state index in [-0.39, 0.29) is 0 Å². The topological polar surface area (TPSA) is 79.1 Å². The molecule has 8 heteroatoms. The van der Waals surface area contributed by atoms with Gasteiger partial charge in [0, 0.05) is 44.8 Å². The van der Waals surface area contributed by atoms with Gasteiger partial charge in [-0.15, -0.1) is 10.2 Å². The van der Waals surface area contributed by atoms with Crippen LogP contribution in [0.1, 0.15) is 39.4 Å². The average molecular weight is 416 g/mol. The highest BCUT2D eigenvalue weighted by Crippen LogP contribution is 2.20. The molecule has 166 valence electrons. The SMILES string of the molecule is CCNC(=NCC(C(CC)CC)N1CCOCC1)NCCc1nnc2ccccn12. The van der Waals surface area contributed by atoms with Crippen LogP contribution in [-0.2, 0) is 11.2 Å². The lowest BCUT2D eigenvalue weighted by Crippen LogP contribution is -2.49. The number of ether oxygens (including phenoxy) is 1. The van der Waals surface area contributed by atoms with E-state index in [1.807, 2.05) is 28.8 Å². The summed E-state index contributed by atoms with van der Waals surface area (Å²) >= 11 is 0. The maximum absolute atomic E-state index is 5.56. The number of aliphatic imine (C=N–C) groups is 1. The van der Waals surface area contributed by atoms with Crippen molar-refractivity contribution in [2.75, 3.05) is 45.9 Å². The van der Waals surface area contributed by atoms with Crippen molar-refractivity contribution in [2.24, 2.45) is 10.9 Å². The first-order valence-corrected chi connectivity index (χ1v) is 11.4. The third kappa shape index (κ3) is 5.92. The van der Waals surface area contributed by atoms with Crippen LogP contribution in [0.15, 0.2) is 29.4 Å². The highest BCUT2D eigenvalue weighted by Gasteiger charge is 2.26. The van der Waals surface area contributed by atoms with E-state index >= 15 is 0 Å². The molecular formula is C22H37N7O. The fourth-order valence-electron chi connectivity index (χ4n) is 4.19. The maximum atomic E-state index is 5.56. The Morgan fingerprint density at radius 2 is 1.93 bits per heavy atom. The first-order chi connectivity index (χ1) is 14.8. The Morgan fingerprint density at radius 1 is 1.13 bits per heavy atom. The third-order valence-corrected chi connectivity index (χ3v) is 5.91. The van der Waals surface area contributed by atoms with Gasteiger partial charge in [0.05, 0.1) is 19.8 Å². The molecule has 1 saturated heterocycles. The minimum absolute atomic E-state index is 0.458. The number of aromatic nitrogens is 3. The van der Waals surface area contributed by atoms with Crippen molar-refractivity contribution in [3.63, 3.8) is 0 Å². The lowest BCUT2D eigenvalue weighted by Gasteiger charge is -2.38. The fraction of sp³-hybridized carbons (Fsp3) is 0.682. The van der Waals surface area contributed by atoms with Crippen LogP contribution in [0.25, 0.3) is 5.65 Å². The average Bonchev–Trinajstić information content (AvgIpc) is 3.20. The Hall–Kier alpha value is -2.19. The highest BCUT2D eigenvalue weighted by molar-refractivity contribution is 5.79. The second-order valence-corrected chi connectivity index (χ2v) is 7.73. The number of rotatable bonds is 10. The smallest absolute Gasteiger partial charge is 0.191 e. The van der Waals surface area contributed by atoms with Crippen LogP contribution < -0.4 is 10.6 Å². The molecule has 0 saturated carbocycles. The number of pyridine rings is 1. The van der Waals surface area contributed by atoms with Crippen molar-refractivity contribution in [2.45, 2.75) is 46.1 Å². The summed E-state index contributed by atoms with van der Waals surface area (Å²) in [6.07, 6.45) is 5.15. The van der Waals surface area contributed by atoms with E-state index in [0.29, 0.717) is 12.0 Å². The summed E-state index contributed by atoms with van der Waals surface area (Å²) in [5.74, 6) is 2.48. The number of hydrogen-bond acceptors (Lipinski definition) is 5. The molecule has 3 rings (SSSR count). The van der Waals surface area contributed by atoms with E-state index in [2.05, 4.69) is 46.5 Å². The largest absolute Gasteiger partial charge is 0.379 e. The second kappa shape index (κ2) is 11.9. The van der Waals surface area contributed by atoms with Gasteiger partial charge in [0.2, 0.25) is 0 Å². The molecule has 3 heterocycles. The standard InChI is InChI=1S/C22H37N7O/c1-4-18(5-2)19(28-13-15-30-16-14-28)17-25-22(23-6-3)24-11-10-21-27-26-20-9-7-8-12-29(20)21/h7-9,12,18-19H,4-6,10-11,13-17H2,1-3H3,(H2,23,24,25). The number of nitrogens with one attached hydrogen (secondary N) is 2. The van der Waals surface area contributed by atoms with Crippen molar-refractivity contribution in [3.05, 3.63) is 30.2 Å². The lowest BCUT2D eigenvalue weighted by atomic mass is 9.92. The molecule has 1 fully saturated rings. The van der Waals surface area contributed by atoms with Gasteiger partial charge in [-0.1, -0.05) is 32.8 Å². The van der Waals surface area contributed by atoms with Gasteiger partial charge in [-0.2, -0.15) is 0 Å². The van der Waals surface area contributed by atoms with E-state index in [0.717, 1.165) is 69.8 Å². The summed E-state index contributed by atoms with van der Waals surface area (Å²) in [5, 5.41) is 15.4. The number of morpholine rings is 1. The zero-order chi connectivity index (χ0) is 21.2. The van der Waals surface area contributed by atoms with E-state index in [4.69, 9.17) is 9.73 Å². The van der Waals surface area contributed by atoms with Gasteiger partial charge in [0.25, 0.3) is 0 Å². The van der Waals surface area contributed by atoms with Crippen LogP contribution in [0.5, 0.6) is 0 Å². The monoisotopic (exact) mass is 415 g/mol. The van der Waals surface area contributed by atoms with Crippen molar-refractivity contribution in [1.29, 1.82) is 0 Å². The first kappa shape index (κ1) is 22.5. The summed E-state index contributed by atoms with van der Waals surface area (Å²) in [5.41, 5.74) is 0.881. The molecule has 0 radical (unpaired) electrons. The quantitative estimate of drug-likeness (QED) is 0.456. The van der Waals surface area contributed by atoms with Gasteiger partial charge in [0.1, 0.15) is 5.82 Å². The van der Waals surface area contributed by atoms with Crippen LogP contribution in [-0.4, -0.2) is 77.4 Å². The Kier molecular flexibility index (Phi) is 8.89. The van der Waals surface area contributed by atoms with Gasteiger partial charge in [-0.25, -0.2) is 0 Å². The molecule has 2 aromatic rings. The predicted octanol–water partition coefficient (Wildman–Crippen LogP) is 1.96. The van der Waals surface area contributed by atoms with E-state index in [9.17, 15) is 0 Å². The lowest BCUT2D eigenvalue weighted by molar-refractivity contribution is 0.00395. The van der Waals surface area contributed by atoms with Crippen LogP contribution in [0.4, 0.5) is 0 Å². The highest BCUT2D eigenvalue weighted by atomic mass is 16.5. The van der Waals surface area contributed by atoms with Gasteiger partial charge in [-0.3, -0.25) is 14.3 Å². The second-order valence-electron chi connectivity index (χ2n) is 7.73. The van der Waals surface area contributed by atoms with Crippen LogP contribution >= 0.6 is 0 Å². The third-order valence-electron chi connectivity index (χ3n) is 5.91. The molecule has 1 atom stereocenters. The molecule has 0 aromatic carbocycles. The van der Waals surface area contributed by atoms with Crippen molar-refractivity contribution in [1.82, 2.24) is 30.1 Å². The first-order valence-electron chi connectivity index (χ1n) is 11.4. The summed E-state index contributed by atoms with van der Waals surface area (Å²) in [4.78, 5) is 7.52. The maximum Gasteiger partial charge on any atom is 0.191 e. The van der Waals surface area contributed by atoms with Crippen LogP contribution in [0, 0.1) is 5.92 Å². The Morgan fingerprint density at radius 3 is 2.67 bits per heavy atom. The number of fused-ring (bicyclic) bond motifs is 1. The summed E-state index contributed by atoms with van der Waals surface area (Å²) in [6, 6.07) is 6.41. The fourth-order valence-corrected chi connectivity index (χ4v) is 4.19. The molecule has 30 heavy (non-hydrogen) atoms. The van der Waals surface area contributed by atoms with Crippen molar-refractivity contribution in [3.8, 4) is 0 Å². The minimum atomic E-state index is 0.458. The summed E-state index contributed by atoms with van der Waals surface area (Å²) in [7, 11) is 0. The molecule has 2 N–H and O–H groups in total. The van der Waals surface area contributed by atoms with Crippen molar-refractivity contribution < 1.29 is 4.74 Å². The van der Waals surface area contributed by atoms with Gasteiger partial charge >= 0.3 is 0 Å². The van der Waals surface area contributed by atoms with E-state index in [1.165, 1.54) is 12.8 Å². The Balaban J connectivity index is 1.61.